The quantitative estimate of drug-likeness (QED) is 0.158. The van der Waals surface area contributed by atoms with Gasteiger partial charge in [0.05, 0.1) is 0 Å². The van der Waals surface area contributed by atoms with E-state index in [4.69, 9.17) is 0 Å². The van der Waals surface area contributed by atoms with Crippen molar-refractivity contribution in [2.45, 2.75) is 87.9 Å². The molecule has 1 unspecified atom stereocenters. The molecule has 0 bridgehead atoms. The van der Waals surface area contributed by atoms with Crippen LogP contribution in [0, 0.1) is 0 Å². The van der Waals surface area contributed by atoms with Crippen LogP contribution < -0.4 is 0 Å². The highest BCUT2D eigenvalue weighted by Gasteiger charge is 2.03. The molecule has 17 heavy (non-hydrogen) atoms. The molecule has 0 nitrogen and oxygen atoms in total. The van der Waals surface area contributed by atoms with Gasteiger partial charge in [0, 0.05) is 3.92 Å². The minimum absolute atomic E-state index is 0.943. The molecule has 0 heterocycles. The molecule has 0 amide bonds. The molecule has 0 fully saturated rings. The van der Waals surface area contributed by atoms with Crippen molar-refractivity contribution in [1.29, 1.82) is 0 Å². The fourth-order valence-corrected chi connectivity index (χ4v) is 3.52. The van der Waals surface area contributed by atoms with Crippen LogP contribution in [0.25, 0.3) is 0 Å². The Bertz CT molecular complexity index is 137. The van der Waals surface area contributed by atoms with Crippen molar-refractivity contribution in [2.24, 2.45) is 0 Å². The van der Waals surface area contributed by atoms with Crippen molar-refractivity contribution in [3.05, 3.63) is 0 Å². The predicted octanol–water partition coefficient (Wildman–Crippen LogP) is 6.93. The summed E-state index contributed by atoms with van der Waals surface area (Å²) in [6, 6.07) is 0. The molecule has 1 atom stereocenters. The van der Waals surface area contributed by atoms with Gasteiger partial charge in [0.2, 0.25) is 0 Å². The number of rotatable bonds is 13. The molecule has 0 radical (unpaired) electrons. The van der Waals surface area contributed by atoms with Gasteiger partial charge in [-0.05, 0) is 23.7 Å². The molecule has 0 aromatic heterocycles. The molecule has 0 rings (SSSR count). The van der Waals surface area contributed by atoms with Gasteiger partial charge in [-0.1, -0.05) is 110 Å². The zero-order valence-electron chi connectivity index (χ0n) is 11.5. The Morgan fingerprint density at radius 2 is 1.18 bits per heavy atom. The van der Waals surface area contributed by atoms with Crippen LogP contribution in [0.4, 0.5) is 0 Å². The van der Waals surface area contributed by atoms with Gasteiger partial charge in [-0.15, -0.1) is 0 Å². The summed E-state index contributed by atoms with van der Waals surface area (Å²) in [5, 5.41) is 0. The molecule has 0 saturated heterocycles. The van der Waals surface area contributed by atoms with Crippen LogP contribution in [-0.2, 0) is 0 Å². The van der Waals surface area contributed by atoms with E-state index in [9.17, 15) is 0 Å². The fraction of sp³-hybridized carbons (Fsp3) is 1.00. The molecule has 0 saturated carbocycles. The molecule has 104 valence electrons. The molecule has 0 aromatic rings. The Kier molecular flexibility index (Phi) is 16.8. The first-order chi connectivity index (χ1) is 8.31. The molecule has 0 aliphatic heterocycles. The monoisotopic (exact) mass is 464 g/mol. The summed E-state index contributed by atoms with van der Waals surface area (Å²) < 4.78 is 2.28. The topological polar surface area (TPSA) is 0 Å². The Labute approximate surface area is 136 Å². The van der Waals surface area contributed by atoms with E-state index >= 15 is 0 Å². The van der Waals surface area contributed by atoms with E-state index in [1.807, 2.05) is 0 Å². The Morgan fingerprint density at radius 3 is 1.71 bits per heavy atom. The summed E-state index contributed by atoms with van der Waals surface area (Å²) >= 11 is 5.15. The second-order valence-electron chi connectivity index (χ2n) is 5.05. The lowest BCUT2D eigenvalue weighted by Crippen LogP contribution is -1.97. The van der Waals surface area contributed by atoms with Gasteiger partial charge < -0.3 is 0 Å². The van der Waals surface area contributed by atoms with Crippen LogP contribution in [-0.4, -0.2) is 8.35 Å². The van der Waals surface area contributed by atoms with Gasteiger partial charge in [0.15, 0.2) is 0 Å². The zero-order valence-corrected chi connectivity index (χ0v) is 15.8. The van der Waals surface area contributed by atoms with Crippen molar-refractivity contribution in [3.8, 4) is 0 Å². The van der Waals surface area contributed by atoms with Crippen LogP contribution in [0.3, 0.4) is 0 Å². The largest absolute Gasteiger partial charge is 0.0864 e. The lowest BCUT2D eigenvalue weighted by atomic mass is 10.0. The minimum Gasteiger partial charge on any atom is -0.0864 e. The average Bonchev–Trinajstić information content (AvgIpc) is 2.33. The minimum atomic E-state index is 0.943. The summed E-state index contributed by atoms with van der Waals surface area (Å²) in [5.74, 6) is 0. The summed E-state index contributed by atoms with van der Waals surface area (Å²) in [6.07, 6.45) is 17.3. The molecule has 0 N–H and O–H groups in total. The van der Waals surface area contributed by atoms with Gasteiger partial charge in [-0.3, -0.25) is 0 Å². The molecule has 2 heteroatoms. The van der Waals surface area contributed by atoms with Gasteiger partial charge in [0.1, 0.15) is 0 Å². The first-order valence-electron chi connectivity index (χ1n) is 7.51. The summed E-state index contributed by atoms with van der Waals surface area (Å²) in [4.78, 5) is 0. The van der Waals surface area contributed by atoms with Gasteiger partial charge >= 0.3 is 0 Å². The SMILES string of the molecule is CCCCCCCC(I)CCCCCCCI. The highest BCUT2D eigenvalue weighted by molar-refractivity contribution is 14.1. The zero-order chi connectivity index (χ0) is 12.8. The number of alkyl halides is 2. The van der Waals surface area contributed by atoms with Crippen molar-refractivity contribution < 1.29 is 0 Å². The highest BCUT2D eigenvalue weighted by Crippen LogP contribution is 2.19. The summed E-state index contributed by atoms with van der Waals surface area (Å²) in [5.41, 5.74) is 0. The smallest absolute Gasteiger partial charge is 0.0110 e. The lowest BCUT2D eigenvalue weighted by molar-refractivity contribution is 0.560. The van der Waals surface area contributed by atoms with Crippen molar-refractivity contribution >= 4 is 45.2 Å². The van der Waals surface area contributed by atoms with E-state index in [0.29, 0.717) is 0 Å². The molecule has 0 aromatic carbocycles. The third-order valence-corrected chi connectivity index (χ3v) is 5.28. The molecular weight excluding hydrogens is 434 g/mol. The summed E-state index contributed by atoms with van der Waals surface area (Å²) in [6.45, 7) is 2.29. The van der Waals surface area contributed by atoms with Crippen LogP contribution in [0.15, 0.2) is 0 Å². The van der Waals surface area contributed by atoms with Gasteiger partial charge in [-0.2, -0.15) is 0 Å². The van der Waals surface area contributed by atoms with Gasteiger partial charge in [-0.25, -0.2) is 0 Å². The Balaban J connectivity index is 3.09. The van der Waals surface area contributed by atoms with Gasteiger partial charge in [0.25, 0.3) is 0 Å². The number of unbranched alkanes of at least 4 members (excludes halogenated alkanes) is 8. The van der Waals surface area contributed by atoms with E-state index in [-0.39, 0.29) is 0 Å². The van der Waals surface area contributed by atoms with E-state index in [1.54, 1.807) is 0 Å². The predicted molar refractivity (Wildman–Crippen MR) is 97.8 cm³/mol. The molecule has 0 spiro atoms. The second kappa shape index (κ2) is 15.5. The third-order valence-electron chi connectivity index (χ3n) is 3.27. The van der Waals surface area contributed by atoms with E-state index in [2.05, 4.69) is 52.1 Å². The Morgan fingerprint density at radius 1 is 0.706 bits per heavy atom. The standard InChI is InChI=1S/C15H30I2/c1-2-3-4-6-9-12-15(17)13-10-7-5-8-11-14-16/h15H,2-14H2,1H3. The first kappa shape index (κ1) is 18.5. The molecule has 0 aliphatic carbocycles. The molecular formula is C15H30I2. The summed E-state index contributed by atoms with van der Waals surface area (Å²) in [7, 11) is 0. The maximum Gasteiger partial charge on any atom is 0.0110 e. The number of hydrogen-bond acceptors (Lipinski definition) is 0. The molecule has 0 aliphatic rings. The van der Waals surface area contributed by atoms with E-state index in [1.165, 1.54) is 81.5 Å². The van der Waals surface area contributed by atoms with Crippen LogP contribution in [0.5, 0.6) is 0 Å². The van der Waals surface area contributed by atoms with Crippen molar-refractivity contribution in [1.82, 2.24) is 0 Å². The number of hydrogen-bond donors (Lipinski definition) is 0. The Hall–Kier alpha value is 1.46. The van der Waals surface area contributed by atoms with Crippen molar-refractivity contribution in [3.63, 3.8) is 0 Å². The first-order valence-corrected chi connectivity index (χ1v) is 10.3. The second-order valence-corrected chi connectivity index (χ2v) is 7.89. The van der Waals surface area contributed by atoms with E-state index < -0.39 is 0 Å². The normalized spacial score (nSPS) is 12.9. The third kappa shape index (κ3) is 15.4. The van der Waals surface area contributed by atoms with E-state index in [0.717, 1.165) is 3.92 Å². The lowest BCUT2D eigenvalue weighted by Gasteiger charge is -2.09. The van der Waals surface area contributed by atoms with Crippen LogP contribution >= 0.6 is 45.2 Å². The van der Waals surface area contributed by atoms with Crippen LogP contribution in [0.2, 0.25) is 0 Å². The highest BCUT2D eigenvalue weighted by atomic mass is 127. The fourth-order valence-electron chi connectivity index (χ4n) is 2.10. The maximum absolute atomic E-state index is 2.67. The van der Waals surface area contributed by atoms with Crippen molar-refractivity contribution in [2.75, 3.05) is 4.43 Å². The maximum atomic E-state index is 2.67. The average molecular weight is 464 g/mol. The van der Waals surface area contributed by atoms with Crippen LogP contribution in [0.1, 0.15) is 84.0 Å². The number of halogens is 2.